The maximum atomic E-state index is 4.44. The van der Waals surface area contributed by atoms with Crippen molar-refractivity contribution in [1.29, 1.82) is 0 Å². The number of rotatable bonds is 2. The summed E-state index contributed by atoms with van der Waals surface area (Å²) in [5.41, 5.74) is 4.55. The predicted octanol–water partition coefficient (Wildman–Crippen LogP) is 5.18. The van der Waals surface area contributed by atoms with E-state index in [2.05, 4.69) is 69.4 Å². The Hall–Kier alpha value is -1.93. The molecule has 92 valence electrons. The minimum atomic E-state index is 0.987. The van der Waals surface area contributed by atoms with Crippen LogP contribution in [-0.2, 0) is 0 Å². The largest absolute Gasteiger partial charge is 0.255 e. The van der Waals surface area contributed by atoms with Crippen LogP contribution >= 0.6 is 15.9 Å². The first-order valence-electron chi connectivity index (χ1n) is 6.10. The molecule has 0 bridgehead atoms. The van der Waals surface area contributed by atoms with E-state index in [-0.39, 0.29) is 0 Å². The minimum Gasteiger partial charge on any atom is -0.255 e. The van der Waals surface area contributed by atoms with Crippen LogP contribution in [0.2, 0.25) is 0 Å². The first-order valence-corrected chi connectivity index (χ1v) is 6.90. The molecule has 0 atom stereocenters. The molecule has 0 aliphatic rings. The summed E-state index contributed by atoms with van der Waals surface area (Å²) in [7, 11) is 0. The molecule has 2 heteroatoms. The summed E-state index contributed by atoms with van der Waals surface area (Å²) in [4.78, 5) is 4.44. The van der Waals surface area contributed by atoms with E-state index in [1.807, 2.05) is 24.4 Å². The molecule has 0 spiro atoms. The standard InChI is InChI=1S/C17H12BrN/c18-16-9-10-17(19-12-16)15-8-4-7-14(11-15)13-5-2-1-3-6-13/h1-12H. The first-order chi connectivity index (χ1) is 9.33. The van der Waals surface area contributed by atoms with E-state index in [4.69, 9.17) is 0 Å². The van der Waals surface area contributed by atoms with Gasteiger partial charge < -0.3 is 0 Å². The maximum absolute atomic E-state index is 4.44. The van der Waals surface area contributed by atoms with Crippen LogP contribution in [0.4, 0.5) is 0 Å². The Labute approximate surface area is 121 Å². The number of hydrogen-bond donors (Lipinski definition) is 0. The van der Waals surface area contributed by atoms with Crippen LogP contribution in [0.5, 0.6) is 0 Å². The average Bonchev–Trinajstić information content (AvgIpc) is 2.49. The van der Waals surface area contributed by atoms with Crippen molar-refractivity contribution >= 4 is 15.9 Å². The van der Waals surface area contributed by atoms with Crippen LogP contribution in [0.25, 0.3) is 22.4 Å². The Morgan fingerprint density at radius 1 is 0.684 bits per heavy atom. The van der Waals surface area contributed by atoms with E-state index < -0.39 is 0 Å². The summed E-state index contributed by atoms with van der Waals surface area (Å²) in [6.07, 6.45) is 1.82. The molecule has 19 heavy (non-hydrogen) atoms. The molecule has 0 aliphatic carbocycles. The highest BCUT2D eigenvalue weighted by Gasteiger charge is 2.02. The third-order valence-electron chi connectivity index (χ3n) is 2.99. The van der Waals surface area contributed by atoms with E-state index in [0.29, 0.717) is 0 Å². The van der Waals surface area contributed by atoms with Crippen LogP contribution in [0.3, 0.4) is 0 Å². The highest BCUT2D eigenvalue weighted by atomic mass is 79.9. The van der Waals surface area contributed by atoms with Crippen molar-refractivity contribution in [2.24, 2.45) is 0 Å². The summed E-state index contributed by atoms with van der Waals surface area (Å²) >= 11 is 3.41. The molecule has 0 saturated heterocycles. The molecule has 0 saturated carbocycles. The van der Waals surface area contributed by atoms with Crippen molar-refractivity contribution in [3.63, 3.8) is 0 Å². The highest BCUT2D eigenvalue weighted by molar-refractivity contribution is 9.10. The number of nitrogens with zero attached hydrogens (tertiary/aromatic N) is 1. The number of benzene rings is 2. The van der Waals surface area contributed by atoms with Crippen LogP contribution in [-0.4, -0.2) is 4.98 Å². The molecule has 0 unspecified atom stereocenters. The van der Waals surface area contributed by atoms with Crippen LogP contribution in [0.15, 0.2) is 77.4 Å². The third-order valence-corrected chi connectivity index (χ3v) is 3.46. The van der Waals surface area contributed by atoms with Gasteiger partial charge in [0.2, 0.25) is 0 Å². The van der Waals surface area contributed by atoms with Crippen LogP contribution < -0.4 is 0 Å². The number of halogens is 1. The smallest absolute Gasteiger partial charge is 0.0703 e. The normalized spacial score (nSPS) is 10.4. The molecule has 3 rings (SSSR count). The zero-order valence-electron chi connectivity index (χ0n) is 10.3. The molecular weight excluding hydrogens is 298 g/mol. The van der Waals surface area contributed by atoms with Crippen molar-refractivity contribution in [2.45, 2.75) is 0 Å². The van der Waals surface area contributed by atoms with Gasteiger partial charge in [0, 0.05) is 16.2 Å². The zero-order valence-corrected chi connectivity index (χ0v) is 11.8. The third kappa shape index (κ3) is 2.74. The van der Waals surface area contributed by atoms with Crippen molar-refractivity contribution in [2.75, 3.05) is 0 Å². The van der Waals surface area contributed by atoms with Gasteiger partial charge in [-0.05, 0) is 45.3 Å². The SMILES string of the molecule is Brc1ccc(-c2cccc(-c3ccccc3)c2)nc1. The molecule has 3 aromatic rings. The van der Waals surface area contributed by atoms with Gasteiger partial charge in [0.15, 0.2) is 0 Å². The summed E-state index contributed by atoms with van der Waals surface area (Å²) < 4.78 is 0.996. The monoisotopic (exact) mass is 309 g/mol. The van der Waals surface area contributed by atoms with Crippen LogP contribution in [0.1, 0.15) is 0 Å². The lowest BCUT2D eigenvalue weighted by Gasteiger charge is -2.05. The second-order valence-electron chi connectivity index (χ2n) is 4.31. The van der Waals surface area contributed by atoms with Gasteiger partial charge in [0.1, 0.15) is 0 Å². The molecule has 0 fully saturated rings. The summed E-state index contributed by atoms with van der Waals surface area (Å²) in [5, 5.41) is 0. The summed E-state index contributed by atoms with van der Waals surface area (Å²) in [6.45, 7) is 0. The van der Waals surface area contributed by atoms with Gasteiger partial charge in [-0.2, -0.15) is 0 Å². The lowest BCUT2D eigenvalue weighted by Crippen LogP contribution is -1.84. The minimum absolute atomic E-state index is 0.987. The molecule has 0 N–H and O–H groups in total. The summed E-state index contributed by atoms with van der Waals surface area (Å²) in [6, 6.07) is 22.9. The average molecular weight is 310 g/mol. The molecule has 1 aromatic heterocycles. The number of aromatic nitrogens is 1. The highest BCUT2D eigenvalue weighted by Crippen LogP contribution is 2.25. The summed E-state index contributed by atoms with van der Waals surface area (Å²) in [5.74, 6) is 0. The Balaban J connectivity index is 2.03. The fourth-order valence-electron chi connectivity index (χ4n) is 2.04. The first kappa shape index (κ1) is 12.1. The fourth-order valence-corrected chi connectivity index (χ4v) is 2.27. The van der Waals surface area contributed by atoms with Gasteiger partial charge in [0.25, 0.3) is 0 Å². The Bertz CT molecular complexity index is 675. The van der Waals surface area contributed by atoms with Gasteiger partial charge in [0.05, 0.1) is 5.69 Å². The molecular formula is C17H12BrN. The van der Waals surface area contributed by atoms with Crippen LogP contribution in [0, 0.1) is 0 Å². The lowest BCUT2D eigenvalue weighted by molar-refractivity contribution is 1.31. The van der Waals surface area contributed by atoms with Crippen molar-refractivity contribution in [1.82, 2.24) is 4.98 Å². The van der Waals surface area contributed by atoms with Crippen molar-refractivity contribution in [3.8, 4) is 22.4 Å². The number of pyridine rings is 1. The quantitative estimate of drug-likeness (QED) is 0.635. The van der Waals surface area contributed by atoms with Gasteiger partial charge in [-0.3, -0.25) is 4.98 Å². The van der Waals surface area contributed by atoms with E-state index >= 15 is 0 Å². The lowest BCUT2D eigenvalue weighted by atomic mass is 10.0. The van der Waals surface area contributed by atoms with Gasteiger partial charge >= 0.3 is 0 Å². The molecule has 1 heterocycles. The van der Waals surface area contributed by atoms with E-state index in [1.165, 1.54) is 11.1 Å². The van der Waals surface area contributed by atoms with E-state index in [1.54, 1.807) is 0 Å². The molecule has 0 amide bonds. The van der Waals surface area contributed by atoms with Gasteiger partial charge in [-0.15, -0.1) is 0 Å². The topological polar surface area (TPSA) is 12.9 Å². The Morgan fingerprint density at radius 2 is 1.42 bits per heavy atom. The fraction of sp³-hybridized carbons (Fsp3) is 0. The Morgan fingerprint density at radius 3 is 2.16 bits per heavy atom. The second kappa shape index (κ2) is 5.37. The maximum Gasteiger partial charge on any atom is 0.0703 e. The van der Waals surface area contributed by atoms with E-state index in [9.17, 15) is 0 Å². The van der Waals surface area contributed by atoms with Gasteiger partial charge in [-0.25, -0.2) is 0 Å². The molecule has 0 aliphatic heterocycles. The van der Waals surface area contributed by atoms with Crippen molar-refractivity contribution < 1.29 is 0 Å². The van der Waals surface area contributed by atoms with Gasteiger partial charge in [-0.1, -0.05) is 48.5 Å². The zero-order chi connectivity index (χ0) is 13.1. The van der Waals surface area contributed by atoms with E-state index in [0.717, 1.165) is 15.7 Å². The predicted molar refractivity (Wildman–Crippen MR) is 82.8 cm³/mol. The Kier molecular flexibility index (Phi) is 3.43. The number of hydrogen-bond acceptors (Lipinski definition) is 1. The second-order valence-corrected chi connectivity index (χ2v) is 5.22. The molecule has 0 radical (unpaired) electrons. The molecule has 2 aromatic carbocycles. The van der Waals surface area contributed by atoms with Crippen molar-refractivity contribution in [3.05, 3.63) is 77.4 Å². The molecule has 1 nitrogen and oxygen atoms in total.